The lowest BCUT2D eigenvalue weighted by Gasteiger charge is -2.04. The third-order valence-corrected chi connectivity index (χ3v) is 4.60. The van der Waals surface area contributed by atoms with Gasteiger partial charge in [0.15, 0.2) is 0 Å². The van der Waals surface area contributed by atoms with Gasteiger partial charge in [0.05, 0.1) is 17.9 Å². The number of fused-ring (bicyclic) bond motifs is 1. The Bertz CT molecular complexity index is 951. The Kier molecular flexibility index (Phi) is 4.44. The topological polar surface area (TPSA) is 60.1 Å². The van der Waals surface area contributed by atoms with E-state index in [-0.39, 0.29) is 5.91 Å². The second-order valence-electron chi connectivity index (χ2n) is 6.47. The van der Waals surface area contributed by atoms with Crippen molar-refractivity contribution in [2.45, 2.75) is 32.7 Å². The van der Waals surface area contributed by atoms with Crippen LogP contribution in [0.5, 0.6) is 0 Å². The average Bonchev–Trinajstić information content (AvgIpc) is 3.36. The Morgan fingerprint density at radius 3 is 2.85 bits per heavy atom. The summed E-state index contributed by atoms with van der Waals surface area (Å²) in [5.41, 5.74) is 4.56. The summed E-state index contributed by atoms with van der Waals surface area (Å²) in [5, 5.41) is 7.68. The quantitative estimate of drug-likeness (QED) is 0.718. The van der Waals surface area contributed by atoms with Gasteiger partial charge in [0, 0.05) is 11.8 Å². The Hall–Kier alpha value is -3.08. The van der Waals surface area contributed by atoms with Crippen molar-refractivity contribution in [1.82, 2.24) is 15.1 Å². The molecule has 5 heteroatoms. The predicted octanol–water partition coefficient (Wildman–Crippen LogP) is 3.59. The second-order valence-corrected chi connectivity index (χ2v) is 6.47. The fourth-order valence-electron chi connectivity index (χ4n) is 3.37. The van der Waals surface area contributed by atoms with E-state index in [4.69, 9.17) is 9.52 Å². The maximum atomic E-state index is 12.1. The number of furan rings is 1. The van der Waals surface area contributed by atoms with Crippen LogP contribution in [0.1, 0.15) is 34.9 Å². The first-order valence-electron chi connectivity index (χ1n) is 8.88. The van der Waals surface area contributed by atoms with Gasteiger partial charge in [-0.1, -0.05) is 18.2 Å². The van der Waals surface area contributed by atoms with E-state index in [1.807, 2.05) is 41.9 Å². The van der Waals surface area contributed by atoms with Crippen LogP contribution in [-0.4, -0.2) is 15.7 Å². The Labute approximate surface area is 152 Å². The number of rotatable bonds is 5. The van der Waals surface area contributed by atoms with Crippen molar-refractivity contribution in [1.29, 1.82) is 0 Å². The number of para-hydroxylation sites is 1. The summed E-state index contributed by atoms with van der Waals surface area (Å²) in [7, 11) is 0. The second kappa shape index (κ2) is 7.04. The molecule has 0 atom stereocenters. The number of benzene rings is 1. The Balaban J connectivity index is 1.47. The summed E-state index contributed by atoms with van der Waals surface area (Å²) < 4.78 is 7.45. The molecule has 1 aromatic carbocycles. The SMILES string of the molecule is Cc1ccc(C=CC(=O)NCc2nn(-c3ccccc3)c3c2CCC3)o1. The number of hydrogen-bond acceptors (Lipinski definition) is 3. The van der Waals surface area contributed by atoms with E-state index in [2.05, 4.69) is 17.4 Å². The molecule has 0 aliphatic heterocycles. The highest BCUT2D eigenvalue weighted by molar-refractivity contribution is 5.91. The van der Waals surface area contributed by atoms with E-state index >= 15 is 0 Å². The van der Waals surface area contributed by atoms with E-state index in [0.29, 0.717) is 12.3 Å². The predicted molar refractivity (Wildman–Crippen MR) is 99.9 cm³/mol. The maximum Gasteiger partial charge on any atom is 0.244 e. The van der Waals surface area contributed by atoms with E-state index in [1.165, 1.54) is 17.3 Å². The monoisotopic (exact) mass is 347 g/mol. The van der Waals surface area contributed by atoms with Crippen LogP contribution in [0, 0.1) is 6.92 Å². The standard InChI is InChI=1S/C21H21N3O2/c1-15-10-11-17(26-15)12-13-21(25)22-14-19-18-8-5-9-20(18)24(23-19)16-6-3-2-4-7-16/h2-4,6-7,10-13H,5,8-9,14H2,1H3,(H,22,25). The van der Waals surface area contributed by atoms with Gasteiger partial charge in [-0.25, -0.2) is 4.68 Å². The molecular formula is C21H21N3O2. The molecule has 1 amide bonds. The van der Waals surface area contributed by atoms with Crippen molar-refractivity contribution in [3.63, 3.8) is 0 Å². The zero-order valence-corrected chi connectivity index (χ0v) is 14.7. The molecule has 0 saturated carbocycles. The number of nitrogens with zero attached hydrogens (tertiary/aromatic N) is 2. The summed E-state index contributed by atoms with van der Waals surface area (Å²) in [6, 6.07) is 13.9. The van der Waals surface area contributed by atoms with Gasteiger partial charge in [-0.15, -0.1) is 0 Å². The van der Waals surface area contributed by atoms with Crippen molar-refractivity contribution in [3.8, 4) is 5.69 Å². The first kappa shape index (κ1) is 16.4. The van der Waals surface area contributed by atoms with Crippen molar-refractivity contribution in [2.75, 3.05) is 0 Å². The van der Waals surface area contributed by atoms with Gasteiger partial charge < -0.3 is 9.73 Å². The molecule has 0 spiro atoms. The molecule has 4 rings (SSSR count). The number of carbonyl (C=O) groups is 1. The number of aryl methyl sites for hydroxylation is 1. The smallest absolute Gasteiger partial charge is 0.244 e. The number of aromatic nitrogens is 2. The van der Waals surface area contributed by atoms with Gasteiger partial charge in [-0.05, 0) is 62.1 Å². The molecule has 0 saturated heterocycles. The van der Waals surface area contributed by atoms with Crippen LogP contribution in [0.4, 0.5) is 0 Å². The molecular weight excluding hydrogens is 326 g/mol. The van der Waals surface area contributed by atoms with Gasteiger partial charge >= 0.3 is 0 Å². The highest BCUT2D eigenvalue weighted by atomic mass is 16.3. The number of nitrogens with one attached hydrogen (secondary N) is 1. The van der Waals surface area contributed by atoms with Crippen molar-refractivity contribution in [3.05, 3.63) is 77.0 Å². The van der Waals surface area contributed by atoms with Crippen LogP contribution >= 0.6 is 0 Å². The van der Waals surface area contributed by atoms with Crippen molar-refractivity contribution >= 4 is 12.0 Å². The molecule has 26 heavy (non-hydrogen) atoms. The summed E-state index contributed by atoms with van der Waals surface area (Å²) in [4.78, 5) is 12.1. The lowest BCUT2D eigenvalue weighted by molar-refractivity contribution is -0.116. The van der Waals surface area contributed by atoms with Gasteiger partial charge in [0.25, 0.3) is 0 Å². The van der Waals surface area contributed by atoms with Gasteiger partial charge in [-0.2, -0.15) is 5.10 Å². The highest BCUT2D eigenvalue weighted by Crippen LogP contribution is 2.27. The van der Waals surface area contributed by atoms with E-state index < -0.39 is 0 Å². The van der Waals surface area contributed by atoms with E-state index in [0.717, 1.165) is 36.4 Å². The minimum absolute atomic E-state index is 0.153. The average molecular weight is 347 g/mol. The van der Waals surface area contributed by atoms with Crippen LogP contribution in [-0.2, 0) is 24.2 Å². The van der Waals surface area contributed by atoms with E-state index in [1.54, 1.807) is 6.08 Å². The molecule has 0 bridgehead atoms. The summed E-state index contributed by atoms with van der Waals surface area (Å²) in [5.74, 6) is 1.35. The maximum absolute atomic E-state index is 12.1. The third kappa shape index (κ3) is 3.33. The molecule has 1 aliphatic carbocycles. The Morgan fingerprint density at radius 2 is 2.08 bits per heavy atom. The summed E-state index contributed by atoms with van der Waals surface area (Å²) >= 11 is 0. The van der Waals surface area contributed by atoms with Crippen LogP contribution in [0.2, 0.25) is 0 Å². The Morgan fingerprint density at radius 1 is 1.23 bits per heavy atom. The fraction of sp³-hybridized carbons (Fsp3) is 0.238. The van der Waals surface area contributed by atoms with Gasteiger partial charge in [0.1, 0.15) is 11.5 Å². The van der Waals surface area contributed by atoms with E-state index in [9.17, 15) is 4.79 Å². The lowest BCUT2D eigenvalue weighted by atomic mass is 10.2. The van der Waals surface area contributed by atoms with Gasteiger partial charge in [-0.3, -0.25) is 4.79 Å². The van der Waals surface area contributed by atoms with Gasteiger partial charge in [0.2, 0.25) is 5.91 Å². The molecule has 5 nitrogen and oxygen atoms in total. The number of amides is 1. The third-order valence-electron chi connectivity index (χ3n) is 4.60. The summed E-state index contributed by atoms with van der Waals surface area (Å²) in [6.45, 7) is 2.31. The normalized spacial score (nSPS) is 13.3. The molecule has 1 aliphatic rings. The minimum Gasteiger partial charge on any atom is -0.462 e. The minimum atomic E-state index is -0.153. The van der Waals surface area contributed by atoms with Crippen molar-refractivity contribution in [2.24, 2.45) is 0 Å². The fourth-order valence-corrected chi connectivity index (χ4v) is 3.37. The molecule has 0 fully saturated rings. The largest absolute Gasteiger partial charge is 0.462 e. The molecule has 0 radical (unpaired) electrons. The first-order valence-corrected chi connectivity index (χ1v) is 8.88. The molecule has 2 heterocycles. The molecule has 2 aromatic heterocycles. The number of hydrogen-bond donors (Lipinski definition) is 1. The molecule has 132 valence electrons. The zero-order valence-electron chi connectivity index (χ0n) is 14.7. The van der Waals surface area contributed by atoms with Crippen LogP contribution in [0.3, 0.4) is 0 Å². The molecule has 0 unspecified atom stereocenters. The first-order chi connectivity index (χ1) is 12.7. The lowest BCUT2D eigenvalue weighted by Crippen LogP contribution is -2.21. The van der Waals surface area contributed by atoms with Crippen LogP contribution in [0.15, 0.2) is 53.0 Å². The van der Waals surface area contributed by atoms with Crippen LogP contribution in [0.25, 0.3) is 11.8 Å². The molecule has 1 N–H and O–H groups in total. The van der Waals surface area contributed by atoms with Crippen LogP contribution < -0.4 is 5.32 Å². The number of carbonyl (C=O) groups excluding carboxylic acids is 1. The molecule has 3 aromatic rings. The zero-order chi connectivity index (χ0) is 17.9. The van der Waals surface area contributed by atoms with Crippen molar-refractivity contribution < 1.29 is 9.21 Å². The highest BCUT2D eigenvalue weighted by Gasteiger charge is 2.23. The summed E-state index contributed by atoms with van der Waals surface area (Å²) in [6.07, 6.45) is 6.36.